The molecule has 2 heterocycles. The number of carbonyl (C=O) groups excluding carboxylic acids is 1. The lowest BCUT2D eigenvalue weighted by atomic mass is 10.1. The minimum Gasteiger partial charge on any atom is -0.370 e. The molecule has 1 aliphatic carbocycles. The van der Waals surface area contributed by atoms with Crippen LogP contribution in [0.25, 0.3) is 0 Å². The molecule has 2 fully saturated rings. The van der Waals surface area contributed by atoms with Gasteiger partial charge in [0.15, 0.2) is 0 Å². The molecule has 0 radical (unpaired) electrons. The predicted octanol–water partition coefficient (Wildman–Crippen LogP) is 3.09. The number of fused-ring (bicyclic) bond motifs is 2. The number of amides is 1. The molecule has 114 valence electrons. The number of pyridine rings is 1. The highest BCUT2D eigenvalue weighted by molar-refractivity contribution is 5.95. The van der Waals surface area contributed by atoms with Crippen LogP contribution in [-0.4, -0.2) is 34.9 Å². The van der Waals surface area contributed by atoms with E-state index in [0.717, 1.165) is 48.9 Å². The largest absolute Gasteiger partial charge is 0.370 e. The van der Waals surface area contributed by atoms with Crippen molar-refractivity contribution in [3.63, 3.8) is 0 Å². The number of likely N-dealkylation sites (tertiary alicyclic amines) is 1. The molecule has 3 rings (SSSR count). The van der Waals surface area contributed by atoms with E-state index in [0.29, 0.717) is 6.04 Å². The van der Waals surface area contributed by atoms with E-state index in [9.17, 15) is 4.79 Å². The van der Waals surface area contributed by atoms with Gasteiger partial charge in [-0.1, -0.05) is 13.3 Å². The van der Waals surface area contributed by atoms with Gasteiger partial charge in [-0.05, 0) is 50.7 Å². The third kappa shape index (κ3) is 2.89. The predicted molar refractivity (Wildman–Crippen MR) is 84.6 cm³/mol. The average Bonchev–Trinajstić information content (AvgIpc) is 3.09. The fraction of sp³-hybridized carbons (Fsp3) is 0.647. The molecular weight excluding hydrogens is 262 g/mol. The zero-order valence-corrected chi connectivity index (χ0v) is 13.1. The topological polar surface area (TPSA) is 45.2 Å². The SMILES string of the molecule is CCCc1cc(C(=O)N2CC3CCC2C3)cc(NCC)n1. The van der Waals surface area contributed by atoms with Gasteiger partial charge in [0.25, 0.3) is 5.91 Å². The van der Waals surface area contributed by atoms with Gasteiger partial charge in [-0.15, -0.1) is 0 Å². The quantitative estimate of drug-likeness (QED) is 0.905. The number of aromatic nitrogens is 1. The number of rotatable bonds is 5. The first-order valence-electron chi connectivity index (χ1n) is 8.27. The summed E-state index contributed by atoms with van der Waals surface area (Å²) < 4.78 is 0. The lowest BCUT2D eigenvalue weighted by Gasteiger charge is -2.27. The molecule has 2 atom stereocenters. The molecule has 1 saturated heterocycles. The minimum absolute atomic E-state index is 0.195. The summed E-state index contributed by atoms with van der Waals surface area (Å²) in [5, 5.41) is 3.24. The molecule has 1 aliphatic heterocycles. The van der Waals surface area contributed by atoms with Crippen molar-refractivity contribution >= 4 is 11.7 Å². The van der Waals surface area contributed by atoms with E-state index in [1.54, 1.807) is 0 Å². The highest BCUT2D eigenvalue weighted by Crippen LogP contribution is 2.38. The second-order valence-electron chi connectivity index (χ2n) is 6.30. The minimum atomic E-state index is 0.195. The van der Waals surface area contributed by atoms with Crippen molar-refractivity contribution in [3.05, 3.63) is 23.4 Å². The molecular formula is C17H25N3O. The van der Waals surface area contributed by atoms with E-state index in [4.69, 9.17) is 0 Å². The van der Waals surface area contributed by atoms with Gasteiger partial charge in [0, 0.05) is 30.4 Å². The van der Waals surface area contributed by atoms with Crippen LogP contribution in [0.5, 0.6) is 0 Å². The van der Waals surface area contributed by atoms with Gasteiger partial charge in [-0.25, -0.2) is 4.98 Å². The van der Waals surface area contributed by atoms with E-state index < -0.39 is 0 Å². The van der Waals surface area contributed by atoms with Crippen molar-refractivity contribution in [2.75, 3.05) is 18.4 Å². The van der Waals surface area contributed by atoms with E-state index >= 15 is 0 Å². The van der Waals surface area contributed by atoms with E-state index in [-0.39, 0.29) is 5.91 Å². The molecule has 1 N–H and O–H groups in total. The summed E-state index contributed by atoms with van der Waals surface area (Å²) in [5.41, 5.74) is 1.82. The van der Waals surface area contributed by atoms with Crippen LogP contribution in [0.2, 0.25) is 0 Å². The Labute approximate surface area is 126 Å². The van der Waals surface area contributed by atoms with Crippen molar-refractivity contribution in [2.45, 2.75) is 52.0 Å². The maximum absolute atomic E-state index is 12.8. The van der Waals surface area contributed by atoms with Crippen molar-refractivity contribution < 1.29 is 4.79 Å². The van der Waals surface area contributed by atoms with Crippen LogP contribution in [0.3, 0.4) is 0 Å². The second-order valence-corrected chi connectivity index (χ2v) is 6.30. The Morgan fingerprint density at radius 1 is 1.38 bits per heavy atom. The zero-order chi connectivity index (χ0) is 14.8. The van der Waals surface area contributed by atoms with E-state index in [2.05, 4.69) is 29.0 Å². The maximum Gasteiger partial charge on any atom is 0.254 e. The summed E-state index contributed by atoms with van der Waals surface area (Å²) in [4.78, 5) is 19.5. The van der Waals surface area contributed by atoms with E-state index in [1.807, 2.05) is 12.1 Å². The first-order valence-corrected chi connectivity index (χ1v) is 8.27. The summed E-state index contributed by atoms with van der Waals surface area (Å²) in [6.45, 7) is 5.97. The first-order chi connectivity index (χ1) is 10.2. The van der Waals surface area contributed by atoms with Crippen LogP contribution in [0, 0.1) is 5.92 Å². The summed E-state index contributed by atoms with van der Waals surface area (Å²) in [5.74, 6) is 1.77. The third-order valence-electron chi connectivity index (χ3n) is 4.66. The molecule has 4 heteroatoms. The number of carbonyl (C=O) groups is 1. The lowest BCUT2D eigenvalue weighted by molar-refractivity contribution is 0.0703. The van der Waals surface area contributed by atoms with Crippen molar-refractivity contribution in [3.8, 4) is 0 Å². The molecule has 2 bridgehead atoms. The molecule has 1 amide bonds. The number of hydrogen-bond acceptors (Lipinski definition) is 3. The second kappa shape index (κ2) is 6.04. The third-order valence-corrected chi connectivity index (χ3v) is 4.66. The first kappa shape index (κ1) is 14.4. The van der Waals surface area contributed by atoms with Gasteiger partial charge in [0.2, 0.25) is 0 Å². The van der Waals surface area contributed by atoms with Crippen LogP contribution in [0.4, 0.5) is 5.82 Å². The molecule has 1 aromatic rings. The Bertz CT molecular complexity index is 505. The van der Waals surface area contributed by atoms with Crippen molar-refractivity contribution in [2.24, 2.45) is 5.92 Å². The smallest absolute Gasteiger partial charge is 0.254 e. The zero-order valence-electron chi connectivity index (χ0n) is 13.1. The number of anilines is 1. The number of nitrogens with one attached hydrogen (secondary N) is 1. The maximum atomic E-state index is 12.8. The lowest BCUT2D eigenvalue weighted by Crippen LogP contribution is -2.37. The molecule has 2 unspecified atom stereocenters. The Morgan fingerprint density at radius 3 is 2.86 bits per heavy atom. The van der Waals surface area contributed by atoms with Crippen LogP contribution >= 0.6 is 0 Å². The number of nitrogens with zero attached hydrogens (tertiary/aromatic N) is 2. The molecule has 0 aromatic carbocycles. The molecule has 1 saturated carbocycles. The Hall–Kier alpha value is -1.58. The fourth-order valence-electron chi connectivity index (χ4n) is 3.71. The van der Waals surface area contributed by atoms with Gasteiger partial charge >= 0.3 is 0 Å². The summed E-state index contributed by atoms with van der Waals surface area (Å²) in [6, 6.07) is 4.38. The van der Waals surface area contributed by atoms with Crippen molar-refractivity contribution in [1.29, 1.82) is 0 Å². The molecule has 1 aromatic heterocycles. The summed E-state index contributed by atoms with van der Waals surface area (Å²) in [6.07, 6.45) is 5.66. The normalized spacial score (nSPS) is 23.6. The summed E-state index contributed by atoms with van der Waals surface area (Å²) >= 11 is 0. The highest BCUT2D eigenvalue weighted by atomic mass is 16.2. The number of hydrogen-bond donors (Lipinski definition) is 1. The molecule has 2 aliphatic rings. The van der Waals surface area contributed by atoms with Gasteiger partial charge in [-0.3, -0.25) is 4.79 Å². The van der Waals surface area contributed by atoms with Gasteiger partial charge < -0.3 is 10.2 Å². The molecule has 21 heavy (non-hydrogen) atoms. The van der Waals surface area contributed by atoms with Crippen molar-refractivity contribution in [1.82, 2.24) is 9.88 Å². The Balaban J connectivity index is 1.84. The Morgan fingerprint density at radius 2 is 2.24 bits per heavy atom. The van der Waals surface area contributed by atoms with Crippen LogP contribution in [0.1, 0.15) is 55.6 Å². The highest BCUT2D eigenvalue weighted by Gasteiger charge is 2.40. The molecule has 4 nitrogen and oxygen atoms in total. The van der Waals surface area contributed by atoms with Gasteiger partial charge in [-0.2, -0.15) is 0 Å². The van der Waals surface area contributed by atoms with Gasteiger partial charge in [0.1, 0.15) is 5.82 Å². The molecule has 0 spiro atoms. The van der Waals surface area contributed by atoms with E-state index in [1.165, 1.54) is 19.3 Å². The Kier molecular flexibility index (Phi) is 4.13. The van der Waals surface area contributed by atoms with Gasteiger partial charge in [0.05, 0.1) is 0 Å². The fourth-order valence-corrected chi connectivity index (χ4v) is 3.71. The van der Waals surface area contributed by atoms with Crippen LogP contribution < -0.4 is 5.32 Å². The monoisotopic (exact) mass is 287 g/mol. The average molecular weight is 287 g/mol. The summed E-state index contributed by atoms with van der Waals surface area (Å²) in [7, 11) is 0. The van der Waals surface area contributed by atoms with Crippen LogP contribution in [0.15, 0.2) is 12.1 Å². The number of aryl methyl sites for hydroxylation is 1. The number of piperidine rings is 1. The van der Waals surface area contributed by atoms with Crippen LogP contribution in [-0.2, 0) is 6.42 Å². The standard InChI is InChI=1S/C17H25N3O/c1-3-5-14-9-13(10-16(19-14)18-4-2)17(21)20-11-12-6-7-15(20)8-12/h9-10,12,15H,3-8,11H2,1-2H3,(H,18,19).